The molecule has 0 unspecified atom stereocenters. The summed E-state index contributed by atoms with van der Waals surface area (Å²) in [6, 6.07) is 5.43. The molecule has 0 radical (unpaired) electrons. The summed E-state index contributed by atoms with van der Waals surface area (Å²) in [6.07, 6.45) is 1.69. The van der Waals surface area contributed by atoms with E-state index in [-0.39, 0.29) is 0 Å². The number of nitrogens with two attached hydrogens (primary N) is 1. The fraction of sp³-hybridized carbons (Fsp3) is 0.0909. The molecule has 0 spiro atoms. The lowest BCUT2D eigenvalue weighted by atomic mass is 10.1. The van der Waals surface area contributed by atoms with E-state index in [0.29, 0.717) is 17.0 Å². The molecule has 3 aromatic rings. The minimum absolute atomic E-state index is 0.445. The predicted octanol–water partition coefficient (Wildman–Crippen LogP) is 1.10. The van der Waals surface area contributed by atoms with Gasteiger partial charge >= 0.3 is 5.76 Å². The third-order valence-corrected chi connectivity index (χ3v) is 2.74. The van der Waals surface area contributed by atoms with Gasteiger partial charge in [0.2, 0.25) is 0 Å². The van der Waals surface area contributed by atoms with E-state index in [1.807, 2.05) is 19.2 Å². The number of fused-ring (bicyclic) bond motifs is 1. The van der Waals surface area contributed by atoms with Crippen LogP contribution in [0.4, 0.5) is 5.95 Å². The smallest absolute Gasteiger partial charge is 0.408 e. The number of nitrogen functional groups attached to an aromatic ring is 1. The largest absolute Gasteiger partial charge is 0.417 e. The van der Waals surface area contributed by atoms with Crippen LogP contribution in [0.1, 0.15) is 0 Å². The minimum Gasteiger partial charge on any atom is -0.408 e. The summed E-state index contributed by atoms with van der Waals surface area (Å²) in [5, 5.41) is 0. The molecule has 2 heterocycles. The van der Waals surface area contributed by atoms with Crippen molar-refractivity contribution in [2.24, 2.45) is 7.05 Å². The first kappa shape index (κ1) is 9.71. The van der Waals surface area contributed by atoms with Crippen LogP contribution in [0.5, 0.6) is 0 Å². The molecule has 3 rings (SSSR count). The summed E-state index contributed by atoms with van der Waals surface area (Å²) in [5.41, 5.74) is 8.66. The second kappa shape index (κ2) is 3.24. The number of nitrogens with one attached hydrogen (secondary N) is 1. The number of anilines is 1. The summed E-state index contributed by atoms with van der Waals surface area (Å²) in [7, 11) is 1.83. The monoisotopic (exact) mass is 230 g/mol. The van der Waals surface area contributed by atoms with Crippen LogP contribution in [-0.2, 0) is 7.05 Å². The summed E-state index contributed by atoms with van der Waals surface area (Å²) in [4.78, 5) is 17.7. The molecule has 86 valence electrons. The second-order valence-electron chi connectivity index (χ2n) is 3.79. The van der Waals surface area contributed by atoms with Crippen molar-refractivity contribution in [2.75, 3.05) is 5.73 Å². The minimum atomic E-state index is -0.457. The lowest BCUT2D eigenvalue weighted by Gasteiger charge is -2.02. The fourth-order valence-electron chi connectivity index (χ4n) is 1.80. The maximum absolute atomic E-state index is 11.0. The molecule has 0 amide bonds. The average Bonchev–Trinajstić information content (AvgIpc) is 2.81. The lowest BCUT2D eigenvalue weighted by Crippen LogP contribution is -1.98. The Bertz CT molecular complexity index is 750. The first-order valence-corrected chi connectivity index (χ1v) is 5.05. The molecule has 0 bridgehead atoms. The van der Waals surface area contributed by atoms with Crippen LogP contribution in [0, 0.1) is 0 Å². The summed E-state index contributed by atoms with van der Waals surface area (Å²) < 4.78 is 6.71. The van der Waals surface area contributed by atoms with Crippen LogP contribution in [0.2, 0.25) is 0 Å². The van der Waals surface area contributed by atoms with Gasteiger partial charge in [0.05, 0.1) is 17.4 Å². The van der Waals surface area contributed by atoms with Crippen LogP contribution in [0.15, 0.2) is 33.6 Å². The number of oxazole rings is 1. The molecule has 1 aromatic carbocycles. The van der Waals surface area contributed by atoms with Gasteiger partial charge in [0, 0.05) is 12.6 Å². The highest BCUT2D eigenvalue weighted by molar-refractivity contribution is 5.79. The van der Waals surface area contributed by atoms with Crippen LogP contribution in [0.25, 0.3) is 22.4 Å². The van der Waals surface area contributed by atoms with Crippen LogP contribution in [-0.4, -0.2) is 14.5 Å². The Morgan fingerprint density at radius 2 is 2.29 bits per heavy atom. The summed E-state index contributed by atoms with van der Waals surface area (Å²) in [5.74, 6) is -0.0116. The Kier molecular flexibility index (Phi) is 1.85. The van der Waals surface area contributed by atoms with E-state index in [4.69, 9.17) is 10.2 Å². The Morgan fingerprint density at radius 3 is 3.00 bits per heavy atom. The number of nitrogens with zero attached hydrogens (tertiary/aromatic N) is 2. The number of hydrogen-bond acceptors (Lipinski definition) is 4. The van der Waals surface area contributed by atoms with E-state index in [9.17, 15) is 4.79 Å². The van der Waals surface area contributed by atoms with Crippen molar-refractivity contribution in [3.05, 3.63) is 34.9 Å². The zero-order valence-corrected chi connectivity index (χ0v) is 9.10. The Morgan fingerprint density at radius 1 is 1.47 bits per heavy atom. The first-order chi connectivity index (χ1) is 8.15. The molecule has 0 saturated heterocycles. The number of H-pyrrole nitrogens is 1. The molecule has 0 fully saturated rings. The summed E-state index contributed by atoms with van der Waals surface area (Å²) in [6.45, 7) is 0. The molecule has 0 aliphatic rings. The number of aromatic amines is 1. The van der Waals surface area contributed by atoms with Gasteiger partial charge in [0.1, 0.15) is 0 Å². The van der Waals surface area contributed by atoms with Crippen LogP contribution in [0.3, 0.4) is 0 Å². The molecule has 0 aliphatic heterocycles. The Balaban J connectivity index is 2.24. The van der Waals surface area contributed by atoms with Gasteiger partial charge in [-0.15, -0.1) is 0 Å². The van der Waals surface area contributed by atoms with Crippen LogP contribution >= 0.6 is 0 Å². The van der Waals surface area contributed by atoms with Gasteiger partial charge in [0.15, 0.2) is 11.5 Å². The maximum atomic E-state index is 11.0. The van der Waals surface area contributed by atoms with Gasteiger partial charge in [-0.1, -0.05) is 0 Å². The zero-order valence-electron chi connectivity index (χ0n) is 9.10. The highest BCUT2D eigenvalue weighted by atomic mass is 16.4. The first-order valence-electron chi connectivity index (χ1n) is 5.05. The van der Waals surface area contributed by atoms with Crippen molar-refractivity contribution in [2.45, 2.75) is 0 Å². The molecule has 0 aliphatic carbocycles. The quantitative estimate of drug-likeness (QED) is 0.655. The highest BCUT2D eigenvalue weighted by Gasteiger charge is 2.08. The Labute approximate surface area is 95.7 Å². The van der Waals surface area contributed by atoms with Crippen molar-refractivity contribution in [1.29, 1.82) is 0 Å². The van der Waals surface area contributed by atoms with Crippen molar-refractivity contribution < 1.29 is 4.42 Å². The molecule has 17 heavy (non-hydrogen) atoms. The lowest BCUT2D eigenvalue weighted by molar-refractivity contribution is 0.555. The van der Waals surface area contributed by atoms with Crippen molar-refractivity contribution in [3.63, 3.8) is 0 Å². The molecule has 0 atom stereocenters. The Hall–Kier alpha value is -2.50. The van der Waals surface area contributed by atoms with Crippen molar-refractivity contribution >= 4 is 17.0 Å². The molecule has 2 aromatic heterocycles. The SMILES string of the molecule is Cn1c(-c2ccc3oc(=O)[nH]c3c2)cnc1N. The molecule has 6 nitrogen and oxygen atoms in total. The van der Waals surface area contributed by atoms with Crippen molar-refractivity contribution in [1.82, 2.24) is 14.5 Å². The van der Waals surface area contributed by atoms with Crippen LogP contribution < -0.4 is 11.5 Å². The average molecular weight is 230 g/mol. The third kappa shape index (κ3) is 1.42. The highest BCUT2D eigenvalue weighted by Crippen LogP contribution is 2.23. The van der Waals surface area contributed by atoms with Gasteiger partial charge in [-0.25, -0.2) is 9.78 Å². The molecular weight excluding hydrogens is 220 g/mol. The van der Waals surface area contributed by atoms with E-state index < -0.39 is 5.76 Å². The van der Waals surface area contributed by atoms with Gasteiger partial charge < -0.3 is 14.7 Å². The maximum Gasteiger partial charge on any atom is 0.417 e. The van der Waals surface area contributed by atoms with E-state index in [2.05, 4.69) is 9.97 Å². The van der Waals surface area contributed by atoms with Gasteiger partial charge in [-0.2, -0.15) is 0 Å². The molecule has 0 saturated carbocycles. The fourth-order valence-corrected chi connectivity index (χ4v) is 1.80. The van der Waals surface area contributed by atoms with Gasteiger partial charge in [-0.3, -0.25) is 4.98 Å². The zero-order chi connectivity index (χ0) is 12.0. The second-order valence-corrected chi connectivity index (χ2v) is 3.79. The number of rotatable bonds is 1. The normalized spacial score (nSPS) is 11.1. The van der Waals surface area contributed by atoms with E-state index >= 15 is 0 Å². The van der Waals surface area contributed by atoms with Gasteiger partial charge in [-0.05, 0) is 18.2 Å². The van der Waals surface area contributed by atoms with Gasteiger partial charge in [0.25, 0.3) is 0 Å². The topological polar surface area (TPSA) is 89.8 Å². The predicted molar refractivity (Wildman–Crippen MR) is 63.4 cm³/mol. The number of imidazole rings is 1. The van der Waals surface area contributed by atoms with E-state index in [1.165, 1.54) is 0 Å². The number of hydrogen-bond donors (Lipinski definition) is 2. The molecule has 6 heteroatoms. The number of benzene rings is 1. The van der Waals surface area contributed by atoms with E-state index in [0.717, 1.165) is 11.3 Å². The van der Waals surface area contributed by atoms with E-state index in [1.54, 1.807) is 16.8 Å². The number of aromatic nitrogens is 3. The van der Waals surface area contributed by atoms with Crippen molar-refractivity contribution in [3.8, 4) is 11.3 Å². The third-order valence-electron chi connectivity index (χ3n) is 2.74. The molecular formula is C11H10N4O2. The standard InChI is InChI=1S/C11H10N4O2/c1-15-8(5-13-10(15)12)6-2-3-9-7(4-6)14-11(16)17-9/h2-5H,1H3,(H2,12,13)(H,14,16). The molecule has 3 N–H and O–H groups in total. The summed E-state index contributed by atoms with van der Waals surface area (Å²) >= 11 is 0.